The van der Waals surface area contributed by atoms with Crippen LogP contribution in [0.1, 0.15) is 66.4 Å². The van der Waals surface area contributed by atoms with Crippen LogP contribution in [-0.4, -0.2) is 11.8 Å². The molecule has 0 saturated heterocycles. The van der Waals surface area contributed by atoms with Crippen molar-refractivity contribution in [2.24, 2.45) is 17.3 Å². The van der Waals surface area contributed by atoms with Crippen molar-refractivity contribution >= 4 is 17.4 Å². The maximum Gasteiger partial charge on any atom is 0.343 e. The van der Waals surface area contributed by atoms with E-state index in [-0.39, 0.29) is 11.4 Å². The molecule has 2 aromatic rings. The van der Waals surface area contributed by atoms with Crippen LogP contribution in [0.5, 0.6) is 5.75 Å². The van der Waals surface area contributed by atoms with Gasteiger partial charge in [-0.2, -0.15) is 0 Å². The average Bonchev–Trinajstić information content (AvgIpc) is 3.03. The summed E-state index contributed by atoms with van der Waals surface area (Å²) >= 11 is 0. The quantitative estimate of drug-likeness (QED) is 0.450. The number of hydrogen-bond acceptors (Lipinski definition) is 4. The van der Waals surface area contributed by atoms with Crippen LogP contribution in [0.2, 0.25) is 0 Å². The number of carbonyl (C=O) groups excluding carboxylic acids is 2. The van der Waals surface area contributed by atoms with Gasteiger partial charge in [-0.1, -0.05) is 13.0 Å². The van der Waals surface area contributed by atoms with E-state index in [0.717, 1.165) is 38.5 Å². The number of ether oxygens (including phenoxy) is 1. The number of fused-ring (bicyclic) bond motifs is 5. The second-order valence-corrected chi connectivity index (χ2v) is 9.21. The molecular formula is C25H27NO3. The molecule has 29 heavy (non-hydrogen) atoms. The first kappa shape index (κ1) is 18.4. The summed E-state index contributed by atoms with van der Waals surface area (Å²) in [6.07, 6.45) is 6.03. The molecule has 150 valence electrons. The van der Waals surface area contributed by atoms with Crippen molar-refractivity contribution in [3.05, 3.63) is 59.2 Å². The zero-order valence-corrected chi connectivity index (χ0v) is 16.8. The monoisotopic (exact) mass is 389 g/mol. The first-order chi connectivity index (χ1) is 14.0. The SMILES string of the molecule is CC12CCC3c4ccc(OC(=O)c5ccc(N)cc5)cc4CCC3C1CCC2=O. The highest BCUT2D eigenvalue weighted by Crippen LogP contribution is 2.59. The van der Waals surface area contributed by atoms with Gasteiger partial charge >= 0.3 is 5.97 Å². The Morgan fingerprint density at radius 3 is 2.66 bits per heavy atom. The molecule has 2 N–H and O–H groups in total. The Labute approximate surface area is 171 Å². The van der Waals surface area contributed by atoms with Crippen molar-refractivity contribution < 1.29 is 14.3 Å². The van der Waals surface area contributed by atoms with E-state index >= 15 is 0 Å². The van der Waals surface area contributed by atoms with Gasteiger partial charge in [0, 0.05) is 17.5 Å². The second kappa shape index (κ2) is 6.72. The summed E-state index contributed by atoms with van der Waals surface area (Å²) in [6, 6.07) is 12.9. The number of nitrogen functional groups attached to an aromatic ring is 1. The van der Waals surface area contributed by atoms with Crippen LogP contribution in [0.15, 0.2) is 42.5 Å². The third-order valence-corrected chi connectivity index (χ3v) is 7.76. The first-order valence-electron chi connectivity index (χ1n) is 10.7. The normalized spacial score (nSPS) is 30.2. The van der Waals surface area contributed by atoms with Crippen molar-refractivity contribution in [1.82, 2.24) is 0 Å². The van der Waals surface area contributed by atoms with Gasteiger partial charge in [0.05, 0.1) is 5.56 Å². The molecule has 0 spiro atoms. The van der Waals surface area contributed by atoms with E-state index < -0.39 is 0 Å². The third kappa shape index (κ3) is 2.97. The van der Waals surface area contributed by atoms with Crippen molar-refractivity contribution in [2.75, 3.05) is 5.73 Å². The molecule has 0 aromatic heterocycles. The molecule has 3 aliphatic carbocycles. The molecule has 3 aliphatic rings. The summed E-state index contributed by atoms with van der Waals surface area (Å²) < 4.78 is 5.62. The standard InChI is InChI=1S/C25H27NO3/c1-25-13-12-20-19-9-7-18(29-24(28)15-2-5-17(26)6-3-15)14-16(19)4-8-21(20)22(25)10-11-23(25)27/h2-3,5-7,9,14,20-22H,4,8,10-13,26H2,1H3. The molecular weight excluding hydrogens is 362 g/mol. The zero-order chi connectivity index (χ0) is 20.2. The molecule has 4 heteroatoms. The van der Waals surface area contributed by atoms with Gasteiger partial charge in [-0.3, -0.25) is 4.79 Å². The Morgan fingerprint density at radius 1 is 1.07 bits per heavy atom. The van der Waals surface area contributed by atoms with Crippen LogP contribution >= 0.6 is 0 Å². The van der Waals surface area contributed by atoms with Crippen LogP contribution in [0.4, 0.5) is 5.69 Å². The molecule has 0 heterocycles. The summed E-state index contributed by atoms with van der Waals surface area (Å²) in [6.45, 7) is 2.21. The number of aryl methyl sites for hydroxylation is 1. The topological polar surface area (TPSA) is 69.4 Å². The highest BCUT2D eigenvalue weighted by Gasteiger charge is 2.54. The lowest BCUT2D eigenvalue weighted by molar-refractivity contribution is -0.129. The summed E-state index contributed by atoms with van der Waals surface area (Å²) in [5.74, 6) is 2.39. The first-order valence-corrected chi connectivity index (χ1v) is 10.7. The lowest BCUT2D eigenvalue weighted by atomic mass is 9.55. The summed E-state index contributed by atoms with van der Waals surface area (Å²) in [5, 5.41) is 0. The maximum atomic E-state index is 12.5. The second-order valence-electron chi connectivity index (χ2n) is 9.21. The van der Waals surface area contributed by atoms with Gasteiger partial charge < -0.3 is 10.5 Å². The largest absolute Gasteiger partial charge is 0.423 e. The molecule has 2 saturated carbocycles. The van der Waals surface area contributed by atoms with E-state index in [1.54, 1.807) is 24.3 Å². The Bertz CT molecular complexity index is 980. The van der Waals surface area contributed by atoms with Gasteiger partial charge in [-0.15, -0.1) is 0 Å². The number of ketones is 1. The molecule has 2 fully saturated rings. The van der Waals surface area contributed by atoms with E-state index in [1.165, 1.54) is 11.1 Å². The van der Waals surface area contributed by atoms with Crippen LogP contribution in [0.25, 0.3) is 0 Å². The van der Waals surface area contributed by atoms with Gasteiger partial charge in [0.1, 0.15) is 11.5 Å². The summed E-state index contributed by atoms with van der Waals surface area (Å²) in [4.78, 5) is 24.9. The average molecular weight is 389 g/mol. The Kier molecular flexibility index (Phi) is 4.27. The van der Waals surface area contributed by atoms with Gasteiger partial charge in [-0.25, -0.2) is 4.79 Å². The van der Waals surface area contributed by atoms with Crippen LogP contribution in [0, 0.1) is 17.3 Å². The van der Waals surface area contributed by atoms with Crippen LogP contribution in [0.3, 0.4) is 0 Å². The molecule has 2 aromatic carbocycles. The van der Waals surface area contributed by atoms with Crippen molar-refractivity contribution in [1.29, 1.82) is 0 Å². The number of esters is 1. The molecule has 4 nitrogen and oxygen atoms in total. The third-order valence-electron chi connectivity index (χ3n) is 7.76. The molecule has 0 bridgehead atoms. The number of rotatable bonds is 2. The van der Waals surface area contributed by atoms with Gasteiger partial charge in [0.15, 0.2) is 0 Å². The number of anilines is 1. The molecule has 5 rings (SSSR count). The minimum atomic E-state index is -0.364. The predicted molar refractivity (Wildman–Crippen MR) is 112 cm³/mol. The van der Waals surface area contributed by atoms with E-state index in [2.05, 4.69) is 13.0 Å². The number of hydrogen-bond donors (Lipinski definition) is 1. The van der Waals surface area contributed by atoms with Gasteiger partial charge in [0.25, 0.3) is 0 Å². The van der Waals surface area contributed by atoms with Crippen LogP contribution < -0.4 is 10.5 Å². The predicted octanol–water partition coefficient (Wildman–Crippen LogP) is 4.91. The highest BCUT2D eigenvalue weighted by atomic mass is 16.5. The summed E-state index contributed by atoms with van der Waals surface area (Å²) in [7, 11) is 0. The zero-order valence-electron chi connectivity index (χ0n) is 16.8. The van der Waals surface area contributed by atoms with Crippen LogP contribution in [-0.2, 0) is 11.2 Å². The Hall–Kier alpha value is -2.62. The molecule has 0 aliphatic heterocycles. The molecule has 4 atom stereocenters. The minimum Gasteiger partial charge on any atom is -0.423 e. The van der Waals surface area contributed by atoms with E-state index in [1.807, 2.05) is 12.1 Å². The van der Waals surface area contributed by atoms with E-state index in [9.17, 15) is 9.59 Å². The van der Waals surface area contributed by atoms with E-state index in [4.69, 9.17) is 10.5 Å². The number of Topliss-reactive ketones (excluding diaryl/α,β-unsaturated/α-hetero) is 1. The fraction of sp³-hybridized carbons (Fsp3) is 0.440. The number of benzene rings is 2. The molecule has 0 amide bonds. The summed E-state index contributed by atoms with van der Waals surface area (Å²) in [5.41, 5.74) is 9.41. The molecule has 4 unspecified atom stereocenters. The van der Waals surface area contributed by atoms with E-state index in [0.29, 0.717) is 40.5 Å². The highest BCUT2D eigenvalue weighted by molar-refractivity contribution is 5.91. The minimum absolute atomic E-state index is 0.0901. The number of nitrogens with two attached hydrogens (primary N) is 1. The van der Waals surface area contributed by atoms with Gasteiger partial charge in [0.2, 0.25) is 0 Å². The number of carbonyl (C=O) groups is 2. The Balaban J connectivity index is 1.36. The maximum absolute atomic E-state index is 12.5. The van der Waals surface area contributed by atoms with Gasteiger partial charge in [-0.05, 0) is 97.4 Å². The smallest absolute Gasteiger partial charge is 0.343 e. The lowest BCUT2D eigenvalue weighted by Crippen LogP contribution is -2.42. The van der Waals surface area contributed by atoms with Crippen molar-refractivity contribution in [2.45, 2.75) is 51.4 Å². The fourth-order valence-corrected chi connectivity index (χ4v) is 6.18. The van der Waals surface area contributed by atoms with Crippen molar-refractivity contribution in [3.8, 4) is 5.75 Å². The Morgan fingerprint density at radius 2 is 1.86 bits per heavy atom. The lowest BCUT2D eigenvalue weighted by Gasteiger charge is -2.48. The fourth-order valence-electron chi connectivity index (χ4n) is 6.18. The van der Waals surface area contributed by atoms with Crippen molar-refractivity contribution in [3.63, 3.8) is 0 Å². The molecule has 0 radical (unpaired) electrons.